The summed E-state index contributed by atoms with van der Waals surface area (Å²) in [7, 11) is 0. The van der Waals surface area contributed by atoms with E-state index in [4.69, 9.17) is 4.52 Å². The third-order valence-electron chi connectivity index (χ3n) is 3.69. The number of carbonyl (C=O) groups is 1. The van der Waals surface area contributed by atoms with Crippen molar-refractivity contribution < 1.29 is 9.32 Å². The zero-order chi connectivity index (χ0) is 15.2. The fourth-order valence-electron chi connectivity index (χ4n) is 2.43. The molecule has 23 heavy (non-hydrogen) atoms. The van der Waals surface area contributed by atoms with Crippen LogP contribution < -0.4 is 10.6 Å². The molecule has 0 atom stereocenters. The predicted octanol–water partition coefficient (Wildman–Crippen LogP) is 0.793. The van der Waals surface area contributed by atoms with E-state index in [0.717, 1.165) is 38.3 Å². The Balaban J connectivity index is 0.00000192. The van der Waals surface area contributed by atoms with Gasteiger partial charge in [-0.1, -0.05) is 17.3 Å². The largest absolute Gasteiger partial charge is 0.351 e. The van der Waals surface area contributed by atoms with Crippen LogP contribution in [0.4, 0.5) is 0 Å². The average molecular weight is 338 g/mol. The van der Waals surface area contributed by atoms with Crippen LogP contribution in [0.15, 0.2) is 35.2 Å². The molecule has 1 aliphatic heterocycles. The molecule has 1 aromatic carbocycles. The van der Waals surface area contributed by atoms with E-state index < -0.39 is 0 Å². The van der Waals surface area contributed by atoms with Crippen LogP contribution in [0, 0.1) is 0 Å². The second-order valence-corrected chi connectivity index (χ2v) is 5.18. The third-order valence-corrected chi connectivity index (χ3v) is 3.69. The quantitative estimate of drug-likeness (QED) is 0.839. The normalized spacial score (nSPS) is 15.0. The molecule has 124 valence electrons. The van der Waals surface area contributed by atoms with Crippen LogP contribution in [-0.4, -0.2) is 60.2 Å². The molecule has 0 radical (unpaired) electrons. The minimum absolute atomic E-state index is 0. The summed E-state index contributed by atoms with van der Waals surface area (Å²) < 4.78 is 4.71. The topological polar surface area (TPSA) is 83.3 Å². The number of amides is 1. The highest BCUT2D eigenvalue weighted by atomic mass is 35.5. The van der Waals surface area contributed by atoms with Gasteiger partial charge in [0.2, 0.25) is 12.2 Å². The number of benzene rings is 1. The van der Waals surface area contributed by atoms with E-state index in [0.29, 0.717) is 17.9 Å². The summed E-state index contributed by atoms with van der Waals surface area (Å²) in [4.78, 5) is 18.4. The summed E-state index contributed by atoms with van der Waals surface area (Å²) in [6.07, 6.45) is 1.28. The lowest BCUT2D eigenvalue weighted by atomic mass is 10.1. The molecule has 1 amide bonds. The number of halogens is 1. The highest BCUT2D eigenvalue weighted by Crippen LogP contribution is 2.14. The van der Waals surface area contributed by atoms with Crippen LogP contribution >= 0.6 is 12.4 Å². The van der Waals surface area contributed by atoms with Crippen LogP contribution in [-0.2, 0) is 0 Å². The standard InChI is InChI=1S/C15H19N5O2.ClH/c21-15(17-7-10-20-8-5-16-6-9-20)13-3-1-12(2-4-13)14-18-11-22-19-14;/h1-4,11,16H,5-10H2,(H,17,21);1H. The van der Waals surface area contributed by atoms with Gasteiger partial charge in [0.25, 0.3) is 5.91 Å². The molecule has 8 heteroatoms. The lowest BCUT2D eigenvalue weighted by Gasteiger charge is -2.27. The first-order chi connectivity index (χ1) is 10.8. The van der Waals surface area contributed by atoms with Crippen molar-refractivity contribution in [1.29, 1.82) is 0 Å². The summed E-state index contributed by atoms with van der Waals surface area (Å²) >= 11 is 0. The van der Waals surface area contributed by atoms with Gasteiger partial charge < -0.3 is 15.2 Å². The molecular formula is C15H20ClN5O2. The van der Waals surface area contributed by atoms with E-state index in [9.17, 15) is 4.79 Å². The zero-order valence-electron chi connectivity index (χ0n) is 12.7. The molecule has 0 bridgehead atoms. The van der Waals surface area contributed by atoms with Crippen molar-refractivity contribution in [3.8, 4) is 11.4 Å². The Morgan fingerprint density at radius 2 is 2.00 bits per heavy atom. The minimum Gasteiger partial charge on any atom is -0.351 e. The molecule has 0 saturated carbocycles. The van der Waals surface area contributed by atoms with E-state index >= 15 is 0 Å². The average Bonchev–Trinajstić information content (AvgIpc) is 3.10. The van der Waals surface area contributed by atoms with Gasteiger partial charge in [0, 0.05) is 50.4 Å². The molecule has 2 aromatic rings. The van der Waals surface area contributed by atoms with E-state index in [1.807, 2.05) is 12.1 Å². The van der Waals surface area contributed by atoms with Gasteiger partial charge >= 0.3 is 0 Å². The monoisotopic (exact) mass is 337 g/mol. The second-order valence-electron chi connectivity index (χ2n) is 5.18. The first-order valence-corrected chi connectivity index (χ1v) is 7.41. The summed E-state index contributed by atoms with van der Waals surface area (Å²) in [5.74, 6) is 0.459. The molecule has 2 heterocycles. The molecule has 7 nitrogen and oxygen atoms in total. The Morgan fingerprint density at radius 3 is 2.65 bits per heavy atom. The van der Waals surface area contributed by atoms with Gasteiger partial charge in [-0.05, 0) is 12.1 Å². The fourth-order valence-corrected chi connectivity index (χ4v) is 2.43. The molecule has 3 rings (SSSR count). The van der Waals surface area contributed by atoms with Gasteiger partial charge in [0.1, 0.15) is 0 Å². The summed E-state index contributed by atoms with van der Waals surface area (Å²) in [5, 5.41) is 10.0. The number of rotatable bonds is 5. The van der Waals surface area contributed by atoms with Crippen molar-refractivity contribution in [2.45, 2.75) is 0 Å². The van der Waals surface area contributed by atoms with Crippen molar-refractivity contribution in [1.82, 2.24) is 25.7 Å². The van der Waals surface area contributed by atoms with Gasteiger partial charge in [-0.25, -0.2) is 0 Å². The maximum Gasteiger partial charge on any atom is 0.251 e. The number of carbonyl (C=O) groups excluding carboxylic acids is 1. The van der Waals surface area contributed by atoms with Crippen molar-refractivity contribution in [2.24, 2.45) is 0 Å². The number of piperazine rings is 1. The molecule has 1 fully saturated rings. The Kier molecular flexibility index (Phi) is 6.52. The highest BCUT2D eigenvalue weighted by molar-refractivity contribution is 5.94. The maximum absolute atomic E-state index is 12.1. The molecule has 1 saturated heterocycles. The number of hydrogen-bond acceptors (Lipinski definition) is 6. The molecule has 1 aromatic heterocycles. The van der Waals surface area contributed by atoms with E-state index in [1.54, 1.807) is 12.1 Å². The maximum atomic E-state index is 12.1. The summed E-state index contributed by atoms with van der Waals surface area (Å²) in [6, 6.07) is 7.17. The highest BCUT2D eigenvalue weighted by Gasteiger charge is 2.10. The Morgan fingerprint density at radius 1 is 1.26 bits per heavy atom. The van der Waals surface area contributed by atoms with Gasteiger partial charge in [0.05, 0.1) is 0 Å². The van der Waals surface area contributed by atoms with Crippen LogP contribution in [0.1, 0.15) is 10.4 Å². The number of nitrogens with zero attached hydrogens (tertiary/aromatic N) is 3. The Bertz CT molecular complexity index is 597. The van der Waals surface area contributed by atoms with Crippen LogP contribution in [0.3, 0.4) is 0 Å². The molecule has 1 aliphatic rings. The van der Waals surface area contributed by atoms with E-state index in [2.05, 4.69) is 25.7 Å². The SMILES string of the molecule is Cl.O=C(NCCN1CCNCC1)c1ccc(-c2ncon2)cc1. The lowest BCUT2D eigenvalue weighted by molar-refractivity contribution is 0.0947. The van der Waals surface area contributed by atoms with E-state index in [-0.39, 0.29) is 18.3 Å². The number of nitrogens with one attached hydrogen (secondary N) is 2. The second kappa shape index (κ2) is 8.61. The Hall–Kier alpha value is -1.96. The van der Waals surface area contributed by atoms with Crippen LogP contribution in [0.2, 0.25) is 0 Å². The van der Waals surface area contributed by atoms with Crippen molar-refractivity contribution in [3.63, 3.8) is 0 Å². The molecule has 2 N–H and O–H groups in total. The van der Waals surface area contributed by atoms with Gasteiger partial charge in [-0.3, -0.25) is 9.69 Å². The summed E-state index contributed by atoms with van der Waals surface area (Å²) in [6.45, 7) is 5.65. The first kappa shape index (κ1) is 17.4. The van der Waals surface area contributed by atoms with Gasteiger partial charge in [-0.15, -0.1) is 12.4 Å². The molecule has 0 unspecified atom stereocenters. The van der Waals surface area contributed by atoms with E-state index in [1.165, 1.54) is 6.39 Å². The molecular weight excluding hydrogens is 318 g/mol. The molecule has 0 aliphatic carbocycles. The molecule has 0 spiro atoms. The first-order valence-electron chi connectivity index (χ1n) is 7.41. The minimum atomic E-state index is -0.0604. The summed E-state index contributed by atoms with van der Waals surface area (Å²) in [5.41, 5.74) is 1.46. The number of aromatic nitrogens is 2. The zero-order valence-corrected chi connectivity index (χ0v) is 13.5. The Labute approximate surface area is 140 Å². The predicted molar refractivity (Wildman–Crippen MR) is 88.6 cm³/mol. The smallest absolute Gasteiger partial charge is 0.251 e. The van der Waals surface area contributed by atoms with Gasteiger partial charge in [0.15, 0.2) is 0 Å². The van der Waals surface area contributed by atoms with Crippen LogP contribution in [0.5, 0.6) is 0 Å². The lowest BCUT2D eigenvalue weighted by Crippen LogP contribution is -2.46. The van der Waals surface area contributed by atoms with Gasteiger partial charge in [-0.2, -0.15) is 4.98 Å². The van der Waals surface area contributed by atoms with Crippen molar-refractivity contribution in [3.05, 3.63) is 36.2 Å². The number of hydrogen-bond donors (Lipinski definition) is 2. The van der Waals surface area contributed by atoms with Crippen LogP contribution in [0.25, 0.3) is 11.4 Å². The third kappa shape index (κ3) is 4.75. The van der Waals surface area contributed by atoms with Crippen molar-refractivity contribution >= 4 is 18.3 Å². The fraction of sp³-hybridized carbons (Fsp3) is 0.400. The van der Waals surface area contributed by atoms with Crippen molar-refractivity contribution in [2.75, 3.05) is 39.3 Å².